The van der Waals surface area contributed by atoms with E-state index in [4.69, 9.17) is 28.9 Å². The zero-order chi connectivity index (χ0) is 38.6. The van der Waals surface area contributed by atoms with Crippen molar-refractivity contribution in [3.05, 3.63) is 59.6 Å². The number of aromatic nitrogens is 3. The topological polar surface area (TPSA) is 102 Å². The minimum Gasteiger partial charge on any atom is -0.468 e. The Labute approximate surface area is 318 Å². The maximum absolute atomic E-state index is 17.4. The van der Waals surface area contributed by atoms with Gasteiger partial charge in [0.05, 0.1) is 23.0 Å². The number of methoxy groups -OCH3 is 1. The van der Waals surface area contributed by atoms with Gasteiger partial charge in [0.1, 0.15) is 35.0 Å². The smallest absolute Gasteiger partial charge is 0.410 e. The highest BCUT2D eigenvalue weighted by Crippen LogP contribution is 2.44. The Morgan fingerprint density at radius 2 is 1.85 bits per heavy atom. The maximum Gasteiger partial charge on any atom is 0.410 e. The number of hydrogen-bond acceptors (Lipinski definition) is 10. The minimum atomic E-state index is -1.64. The van der Waals surface area contributed by atoms with Gasteiger partial charge in [-0.1, -0.05) is 25.1 Å². The van der Waals surface area contributed by atoms with E-state index in [-0.39, 0.29) is 67.3 Å². The molecule has 8 rings (SSSR count). The summed E-state index contributed by atoms with van der Waals surface area (Å²) in [5, 5.41) is 2.12. The van der Waals surface area contributed by atoms with E-state index < -0.39 is 23.0 Å². The van der Waals surface area contributed by atoms with Gasteiger partial charge in [-0.3, -0.25) is 14.8 Å². The van der Waals surface area contributed by atoms with E-state index in [0.717, 1.165) is 35.6 Å². The third-order valence-corrected chi connectivity index (χ3v) is 11.4. The molecule has 4 aliphatic heterocycles. The van der Waals surface area contributed by atoms with E-state index >= 15 is 4.39 Å². The van der Waals surface area contributed by atoms with Crippen LogP contribution in [0.3, 0.4) is 0 Å². The van der Waals surface area contributed by atoms with Crippen molar-refractivity contribution in [3.8, 4) is 23.0 Å². The molecule has 0 N–H and O–H groups in total. The fourth-order valence-corrected chi connectivity index (χ4v) is 9.04. The Kier molecular flexibility index (Phi) is 9.77. The lowest BCUT2D eigenvalue weighted by Gasteiger charge is -2.42. The molecule has 14 heteroatoms. The van der Waals surface area contributed by atoms with E-state index in [2.05, 4.69) is 14.8 Å². The largest absolute Gasteiger partial charge is 0.468 e. The molecule has 0 saturated carbocycles. The van der Waals surface area contributed by atoms with Crippen LogP contribution in [0.1, 0.15) is 65.4 Å². The summed E-state index contributed by atoms with van der Waals surface area (Å²) in [6, 6.07) is 9.28. The van der Waals surface area contributed by atoms with E-state index in [1.54, 1.807) is 12.3 Å². The third-order valence-electron chi connectivity index (χ3n) is 11.4. The van der Waals surface area contributed by atoms with Crippen molar-refractivity contribution in [3.63, 3.8) is 0 Å². The van der Waals surface area contributed by atoms with E-state index in [1.807, 2.05) is 56.9 Å². The van der Waals surface area contributed by atoms with Crippen molar-refractivity contribution >= 4 is 33.6 Å². The lowest BCUT2D eigenvalue weighted by Crippen LogP contribution is -2.57. The van der Waals surface area contributed by atoms with Crippen LogP contribution in [-0.4, -0.2) is 101 Å². The van der Waals surface area contributed by atoms with Crippen molar-refractivity contribution < 1.29 is 36.9 Å². The first-order valence-corrected chi connectivity index (χ1v) is 19.1. The van der Waals surface area contributed by atoms with Crippen LogP contribution in [0.5, 0.6) is 11.8 Å². The van der Waals surface area contributed by atoms with Crippen LogP contribution in [0.4, 0.5) is 23.8 Å². The summed E-state index contributed by atoms with van der Waals surface area (Å²) in [5.41, 5.74) is 0.562. The Hall–Kier alpha value is -4.69. The number of anilines is 1. The first-order chi connectivity index (χ1) is 26.4. The number of pyridine rings is 1. The zero-order valence-electron chi connectivity index (χ0n) is 32.0. The summed E-state index contributed by atoms with van der Waals surface area (Å²) in [6.45, 7) is 9.47. The normalized spacial score (nSPS) is 22.5. The van der Waals surface area contributed by atoms with Crippen molar-refractivity contribution in [2.24, 2.45) is 0 Å². The molecule has 292 valence electrons. The van der Waals surface area contributed by atoms with Crippen LogP contribution in [0, 0.1) is 5.82 Å². The molecular formula is C41H47F3N6O5. The summed E-state index contributed by atoms with van der Waals surface area (Å²) in [4.78, 5) is 33.5. The Morgan fingerprint density at radius 1 is 1.07 bits per heavy atom. The van der Waals surface area contributed by atoms with Gasteiger partial charge in [0.15, 0.2) is 12.6 Å². The molecule has 11 nitrogen and oxygen atoms in total. The lowest BCUT2D eigenvalue weighted by atomic mass is 9.94. The molecule has 0 radical (unpaired) electrons. The van der Waals surface area contributed by atoms with Gasteiger partial charge in [-0.05, 0) is 94.3 Å². The molecule has 0 spiro atoms. The van der Waals surface area contributed by atoms with Crippen LogP contribution < -0.4 is 14.4 Å². The molecule has 1 amide bonds. The molecule has 4 fully saturated rings. The van der Waals surface area contributed by atoms with Gasteiger partial charge in [-0.15, -0.1) is 0 Å². The summed E-state index contributed by atoms with van der Waals surface area (Å²) in [7, 11) is 1.53. The third kappa shape index (κ3) is 6.92. The number of piperazine rings is 1. The summed E-state index contributed by atoms with van der Waals surface area (Å²) < 4.78 is 68.0. The number of halogens is 3. The molecule has 4 aliphatic rings. The number of amides is 1. The van der Waals surface area contributed by atoms with Crippen molar-refractivity contribution in [2.75, 3.05) is 51.6 Å². The number of nitrogens with zero attached hydrogens (tertiary/aromatic N) is 6. The second kappa shape index (κ2) is 14.4. The molecule has 55 heavy (non-hydrogen) atoms. The zero-order valence-corrected chi connectivity index (χ0v) is 32.0. The molecule has 0 aliphatic carbocycles. The molecule has 3 unspecified atom stereocenters. The van der Waals surface area contributed by atoms with Gasteiger partial charge < -0.3 is 23.8 Å². The molecule has 6 heterocycles. The molecule has 2 aromatic heterocycles. The Balaban J connectivity index is 1.23. The van der Waals surface area contributed by atoms with Crippen LogP contribution >= 0.6 is 0 Å². The van der Waals surface area contributed by atoms with Crippen LogP contribution in [0.15, 0.2) is 48.2 Å². The molecular weight excluding hydrogens is 713 g/mol. The fraction of sp³-hybridized carbons (Fsp3) is 0.512. The monoisotopic (exact) mass is 760 g/mol. The predicted octanol–water partition coefficient (Wildman–Crippen LogP) is 7.89. The minimum absolute atomic E-state index is 0.0146. The Morgan fingerprint density at radius 3 is 2.56 bits per heavy atom. The quantitative estimate of drug-likeness (QED) is 0.157. The summed E-state index contributed by atoms with van der Waals surface area (Å²) >= 11 is 0. The summed E-state index contributed by atoms with van der Waals surface area (Å²) in [5.74, 6) is 0.293. The van der Waals surface area contributed by atoms with Gasteiger partial charge >= 0.3 is 12.1 Å². The van der Waals surface area contributed by atoms with Crippen molar-refractivity contribution in [1.29, 1.82) is 0 Å². The van der Waals surface area contributed by atoms with Gasteiger partial charge in [0.25, 0.3) is 6.08 Å². The van der Waals surface area contributed by atoms with Crippen molar-refractivity contribution in [2.45, 2.75) is 89.4 Å². The van der Waals surface area contributed by atoms with Gasteiger partial charge in [0.2, 0.25) is 0 Å². The first kappa shape index (κ1) is 37.2. The number of aryl methyl sites for hydroxylation is 1. The highest BCUT2D eigenvalue weighted by Gasteiger charge is 2.49. The first-order valence-electron chi connectivity index (χ1n) is 19.1. The highest BCUT2D eigenvalue weighted by molar-refractivity contribution is 6.01. The van der Waals surface area contributed by atoms with Gasteiger partial charge in [-0.2, -0.15) is 18.7 Å². The van der Waals surface area contributed by atoms with E-state index in [1.165, 1.54) is 7.11 Å². The number of hydrogen-bond donors (Lipinski definition) is 0. The van der Waals surface area contributed by atoms with Gasteiger partial charge in [0, 0.05) is 44.1 Å². The average Bonchev–Trinajstić information content (AvgIpc) is 3.80. The molecule has 2 aromatic carbocycles. The number of carbonyl (C=O) groups is 1. The van der Waals surface area contributed by atoms with Crippen LogP contribution in [-0.2, 0) is 15.9 Å². The van der Waals surface area contributed by atoms with Crippen LogP contribution in [0.2, 0.25) is 0 Å². The molecule has 4 saturated heterocycles. The Bertz CT molecular complexity index is 2160. The molecule has 3 atom stereocenters. The number of carbonyl (C=O) groups excluding carboxylic acids is 1. The number of rotatable bonds is 9. The lowest BCUT2D eigenvalue weighted by molar-refractivity contribution is 0.0122. The standard InChI is InChI=1S/C41H47F3N6O5/c1-6-24-9-7-10-25-15-29(54-23-52-5)16-30(32(24)25)34-33(42)35-31(18-45-34)37(48-20-27-11-12-28(21-48)50(27)39(51)55-40(2,3)4)47-38(46-35)53-22-41-13-8-14-49(41)19-26(17-41)36(43)44/h7,9-10,15-16,18,27-28H,6,8,11-14,17,19-23H2,1-5H3. The van der Waals surface area contributed by atoms with E-state index in [0.29, 0.717) is 55.0 Å². The maximum atomic E-state index is 17.4. The number of fused-ring (bicyclic) bond motifs is 5. The highest BCUT2D eigenvalue weighted by atomic mass is 19.3. The average molecular weight is 761 g/mol. The van der Waals surface area contributed by atoms with Crippen molar-refractivity contribution in [1.82, 2.24) is 24.8 Å². The number of ether oxygens (including phenoxy) is 4. The second-order valence-corrected chi connectivity index (χ2v) is 16.2. The number of benzene rings is 2. The SMILES string of the molecule is CCc1cccc2cc(OCOC)cc(-c3ncc4c(N5CC6CCC(C5)N6C(=O)OC(C)(C)C)nc(OCC56CCCN5CC(=C(F)F)C6)nc4c3F)c12. The molecule has 4 aromatic rings. The predicted molar refractivity (Wildman–Crippen MR) is 202 cm³/mol. The second-order valence-electron chi connectivity index (χ2n) is 16.2. The fourth-order valence-electron chi connectivity index (χ4n) is 9.04. The van der Waals surface area contributed by atoms with Gasteiger partial charge in [-0.25, -0.2) is 9.18 Å². The molecule has 2 bridgehead atoms. The van der Waals surface area contributed by atoms with E-state index in [9.17, 15) is 13.6 Å². The van der Waals surface area contributed by atoms with Crippen LogP contribution in [0.25, 0.3) is 32.9 Å². The summed E-state index contributed by atoms with van der Waals surface area (Å²) in [6.07, 6.45) is 3.65.